The number of hydrogen-bond acceptors (Lipinski definition) is 3. The van der Waals surface area contributed by atoms with E-state index in [1.165, 1.54) is 12.0 Å². The zero-order chi connectivity index (χ0) is 13.9. The van der Waals surface area contributed by atoms with E-state index in [1.807, 2.05) is 6.20 Å². The van der Waals surface area contributed by atoms with Crippen molar-refractivity contribution in [2.24, 2.45) is 5.92 Å². The SMILES string of the molecule is Cc1ccc(N2CCC(NC(=O)C3CCC3)CC2)nc1. The minimum absolute atomic E-state index is 0.281. The Hall–Kier alpha value is -1.58. The summed E-state index contributed by atoms with van der Waals surface area (Å²) in [5, 5.41) is 3.22. The Morgan fingerprint density at radius 1 is 1.25 bits per heavy atom. The van der Waals surface area contributed by atoms with Crippen LogP contribution in [0.15, 0.2) is 18.3 Å². The highest BCUT2D eigenvalue weighted by molar-refractivity contribution is 5.79. The predicted molar refractivity (Wildman–Crippen MR) is 79.7 cm³/mol. The molecule has 2 aliphatic rings. The number of amides is 1. The van der Waals surface area contributed by atoms with Crippen molar-refractivity contribution < 1.29 is 4.79 Å². The summed E-state index contributed by atoms with van der Waals surface area (Å²) in [5.74, 6) is 1.63. The summed E-state index contributed by atoms with van der Waals surface area (Å²) in [6.07, 6.45) is 7.34. The molecule has 20 heavy (non-hydrogen) atoms. The monoisotopic (exact) mass is 273 g/mol. The summed E-state index contributed by atoms with van der Waals surface area (Å²) in [7, 11) is 0. The van der Waals surface area contributed by atoms with Gasteiger partial charge in [-0.2, -0.15) is 0 Å². The molecule has 2 fully saturated rings. The molecular weight excluding hydrogens is 250 g/mol. The van der Waals surface area contributed by atoms with Crippen molar-refractivity contribution in [3.05, 3.63) is 23.9 Å². The lowest BCUT2D eigenvalue weighted by molar-refractivity contribution is -0.128. The maximum atomic E-state index is 11.9. The fraction of sp³-hybridized carbons (Fsp3) is 0.625. The van der Waals surface area contributed by atoms with Crippen LogP contribution >= 0.6 is 0 Å². The van der Waals surface area contributed by atoms with Gasteiger partial charge in [-0.05, 0) is 44.2 Å². The number of aromatic nitrogens is 1. The molecule has 0 spiro atoms. The maximum absolute atomic E-state index is 11.9. The third-order valence-electron chi connectivity index (χ3n) is 4.54. The van der Waals surface area contributed by atoms with Crippen LogP contribution in [0.2, 0.25) is 0 Å². The van der Waals surface area contributed by atoms with Crippen molar-refractivity contribution in [3.8, 4) is 0 Å². The van der Waals surface area contributed by atoms with Crippen LogP contribution in [0.5, 0.6) is 0 Å². The Bertz CT molecular complexity index is 459. The molecule has 108 valence electrons. The number of hydrogen-bond donors (Lipinski definition) is 1. The fourth-order valence-corrected chi connectivity index (χ4v) is 2.89. The average molecular weight is 273 g/mol. The molecular formula is C16H23N3O. The molecule has 0 radical (unpaired) electrons. The van der Waals surface area contributed by atoms with Gasteiger partial charge in [0.05, 0.1) is 0 Å². The van der Waals surface area contributed by atoms with Crippen LogP contribution in [-0.2, 0) is 4.79 Å². The van der Waals surface area contributed by atoms with E-state index in [2.05, 4.69) is 34.3 Å². The first-order valence-electron chi connectivity index (χ1n) is 7.70. The molecule has 4 nitrogen and oxygen atoms in total. The van der Waals surface area contributed by atoms with Crippen LogP contribution in [-0.4, -0.2) is 30.0 Å². The summed E-state index contributed by atoms with van der Waals surface area (Å²) in [6.45, 7) is 4.01. The lowest BCUT2D eigenvalue weighted by Crippen LogP contribution is -2.47. The molecule has 1 aromatic heterocycles. The molecule has 0 bridgehead atoms. The third kappa shape index (κ3) is 2.94. The zero-order valence-corrected chi connectivity index (χ0v) is 12.1. The fourth-order valence-electron chi connectivity index (χ4n) is 2.89. The molecule has 1 aliphatic carbocycles. The van der Waals surface area contributed by atoms with Crippen LogP contribution in [0, 0.1) is 12.8 Å². The van der Waals surface area contributed by atoms with E-state index in [9.17, 15) is 4.79 Å². The number of pyridine rings is 1. The van der Waals surface area contributed by atoms with Crippen molar-refractivity contribution in [1.29, 1.82) is 0 Å². The number of nitrogens with one attached hydrogen (secondary N) is 1. The highest BCUT2D eigenvalue weighted by atomic mass is 16.2. The molecule has 1 aromatic rings. The highest BCUT2D eigenvalue weighted by Crippen LogP contribution is 2.27. The maximum Gasteiger partial charge on any atom is 0.223 e. The van der Waals surface area contributed by atoms with Crippen LogP contribution in [0.4, 0.5) is 5.82 Å². The number of carbonyl (C=O) groups is 1. The number of piperidine rings is 1. The Kier molecular flexibility index (Phi) is 3.90. The summed E-state index contributed by atoms with van der Waals surface area (Å²) >= 11 is 0. The van der Waals surface area contributed by atoms with E-state index < -0.39 is 0 Å². The molecule has 1 N–H and O–H groups in total. The molecule has 0 unspecified atom stereocenters. The quantitative estimate of drug-likeness (QED) is 0.919. The van der Waals surface area contributed by atoms with Gasteiger partial charge in [0.15, 0.2) is 0 Å². The van der Waals surface area contributed by atoms with E-state index in [0.717, 1.165) is 44.6 Å². The van der Waals surface area contributed by atoms with Crippen molar-refractivity contribution in [1.82, 2.24) is 10.3 Å². The minimum Gasteiger partial charge on any atom is -0.356 e. The van der Waals surface area contributed by atoms with Crippen molar-refractivity contribution in [2.75, 3.05) is 18.0 Å². The molecule has 3 rings (SSSR count). The lowest BCUT2D eigenvalue weighted by Gasteiger charge is -2.34. The van der Waals surface area contributed by atoms with Gasteiger partial charge in [-0.15, -0.1) is 0 Å². The lowest BCUT2D eigenvalue weighted by atomic mass is 9.84. The average Bonchev–Trinajstić information content (AvgIpc) is 2.38. The Morgan fingerprint density at radius 3 is 2.55 bits per heavy atom. The molecule has 4 heteroatoms. The van der Waals surface area contributed by atoms with Crippen LogP contribution < -0.4 is 10.2 Å². The standard InChI is InChI=1S/C16H23N3O/c1-12-5-6-15(17-11-12)19-9-7-14(8-10-19)18-16(20)13-3-2-4-13/h5-6,11,13-14H,2-4,7-10H2,1H3,(H,18,20). The molecule has 1 amide bonds. The van der Waals surface area contributed by atoms with Gasteiger partial charge in [-0.3, -0.25) is 4.79 Å². The summed E-state index contributed by atoms with van der Waals surface area (Å²) < 4.78 is 0. The molecule has 0 aromatic carbocycles. The molecule has 1 saturated heterocycles. The van der Waals surface area contributed by atoms with E-state index in [4.69, 9.17) is 0 Å². The Balaban J connectivity index is 1.49. The third-order valence-corrected chi connectivity index (χ3v) is 4.54. The van der Waals surface area contributed by atoms with Crippen molar-refractivity contribution in [3.63, 3.8) is 0 Å². The smallest absolute Gasteiger partial charge is 0.223 e. The summed E-state index contributed by atoms with van der Waals surface area (Å²) in [4.78, 5) is 18.7. The first-order valence-corrected chi connectivity index (χ1v) is 7.70. The van der Waals surface area contributed by atoms with E-state index in [-0.39, 0.29) is 5.91 Å². The topological polar surface area (TPSA) is 45.2 Å². The number of nitrogens with zero attached hydrogens (tertiary/aromatic N) is 2. The van der Waals surface area contributed by atoms with Crippen LogP contribution in [0.3, 0.4) is 0 Å². The second-order valence-corrected chi connectivity index (χ2v) is 6.09. The first kappa shape index (κ1) is 13.4. The van der Waals surface area contributed by atoms with Crippen LogP contribution in [0.1, 0.15) is 37.7 Å². The van der Waals surface area contributed by atoms with Gasteiger partial charge in [-0.25, -0.2) is 4.98 Å². The predicted octanol–water partition coefficient (Wildman–Crippen LogP) is 2.28. The van der Waals surface area contributed by atoms with Gasteiger partial charge >= 0.3 is 0 Å². The van der Waals surface area contributed by atoms with Gasteiger partial charge in [0.2, 0.25) is 5.91 Å². The molecule has 2 heterocycles. The Morgan fingerprint density at radius 2 is 2.00 bits per heavy atom. The number of aryl methyl sites for hydroxylation is 1. The van der Waals surface area contributed by atoms with Crippen LogP contribution in [0.25, 0.3) is 0 Å². The van der Waals surface area contributed by atoms with Gasteiger partial charge in [-0.1, -0.05) is 12.5 Å². The largest absolute Gasteiger partial charge is 0.356 e. The van der Waals surface area contributed by atoms with E-state index in [1.54, 1.807) is 0 Å². The van der Waals surface area contributed by atoms with Crippen molar-refractivity contribution >= 4 is 11.7 Å². The molecule has 0 atom stereocenters. The van der Waals surface area contributed by atoms with E-state index >= 15 is 0 Å². The van der Waals surface area contributed by atoms with Gasteiger partial charge in [0, 0.05) is 31.2 Å². The second kappa shape index (κ2) is 5.81. The number of carbonyl (C=O) groups excluding carboxylic acids is 1. The van der Waals surface area contributed by atoms with Crippen molar-refractivity contribution in [2.45, 2.75) is 45.1 Å². The number of anilines is 1. The molecule has 1 aliphatic heterocycles. The highest BCUT2D eigenvalue weighted by Gasteiger charge is 2.28. The first-order chi connectivity index (χ1) is 9.72. The van der Waals surface area contributed by atoms with Gasteiger partial charge < -0.3 is 10.2 Å². The molecule has 1 saturated carbocycles. The normalized spacial score (nSPS) is 20.6. The summed E-state index contributed by atoms with van der Waals surface area (Å²) in [5.41, 5.74) is 1.19. The van der Waals surface area contributed by atoms with E-state index in [0.29, 0.717) is 12.0 Å². The van der Waals surface area contributed by atoms with Gasteiger partial charge in [0.25, 0.3) is 0 Å². The summed E-state index contributed by atoms with van der Waals surface area (Å²) in [6, 6.07) is 4.54. The zero-order valence-electron chi connectivity index (χ0n) is 12.1. The minimum atomic E-state index is 0.281. The second-order valence-electron chi connectivity index (χ2n) is 6.09. The number of rotatable bonds is 3. The van der Waals surface area contributed by atoms with Gasteiger partial charge in [0.1, 0.15) is 5.82 Å². The Labute approximate surface area is 120 Å².